The number of hydrogen-bond donors (Lipinski definition) is 1. The molecule has 1 heterocycles. The third-order valence-electron chi connectivity index (χ3n) is 7.12. The van der Waals surface area contributed by atoms with Crippen molar-refractivity contribution in [2.75, 3.05) is 38.0 Å². The molecule has 0 radical (unpaired) electrons. The molecule has 1 amide bonds. The van der Waals surface area contributed by atoms with Gasteiger partial charge in [-0.1, -0.05) is 30.3 Å². The second-order valence-corrected chi connectivity index (χ2v) is 10.1. The van der Waals surface area contributed by atoms with E-state index in [1.807, 2.05) is 28.2 Å². The summed E-state index contributed by atoms with van der Waals surface area (Å²) < 4.78 is 14.0. The van der Waals surface area contributed by atoms with Gasteiger partial charge in [-0.3, -0.25) is 10.2 Å². The van der Waals surface area contributed by atoms with Gasteiger partial charge >= 0.3 is 0 Å². The van der Waals surface area contributed by atoms with Gasteiger partial charge in [0.15, 0.2) is 0 Å². The second-order valence-electron chi connectivity index (χ2n) is 10.1. The standard InChI is InChI=1S/C31H33FN4O/c1-34(2)26-15-11-21(12-16-26)19-23-7-6-10-28-29(23)33-36(31(37)24-8-5-9-25(32)20-24)30(28)22-13-17-27(18-14-22)35(3)4/h5,8-9,11-20,30,33H,6-7,10H2,1-4H3/b23-19+/t30-/m1/s1. The average Bonchev–Trinajstić information content (AvgIpc) is 3.29. The van der Waals surface area contributed by atoms with E-state index in [1.165, 1.54) is 23.3 Å². The fraction of sp³-hybridized carbons (Fsp3) is 0.258. The Hall–Kier alpha value is -4.06. The maximum atomic E-state index is 14.0. The van der Waals surface area contributed by atoms with Gasteiger partial charge in [-0.05, 0) is 90.1 Å². The molecule has 37 heavy (non-hydrogen) atoms. The molecule has 0 aromatic heterocycles. The lowest BCUT2D eigenvalue weighted by atomic mass is 9.85. The van der Waals surface area contributed by atoms with Crippen molar-refractivity contribution in [1.82, 2.24) is 10.4 Å². The Bertz CT molecular complexity index is 1360. The summed E-state index contributed by atoms with van der Waals surface area (Å²) in [7, 11) is 8.08. The van der Waals surface area contributed by atoms with Crippen LogP contribution in [0.15, 0.2) is 89.6 Å². The third-order valence-corrected chi connectivity index (χ3v) is 7.12. The van der Waals surface area contributed by atoms with Crippen LogP contribution in [0.5, 0.6) is 0 Å². The molecule has 2 aliphatic rings. The first kappa shape index (κ1) is 24.6. The minimum absolute atomic E-state index is 0.245. The molecule has 0 bridgehead atoms. The number of benzene rings is 3. The Kier molecular flexibility index (Phi) is 6.74. The monoisotopic (exact) mass is 496 g/mol. The molecule has 0 saturated carbocycles. The van der Waals surface area contributed by atoms with Crippen molar-refractivity contribution in [1.29, 1.82) is 0 Å². The van der Waals surface area contributed by atoms with Crippen molar-refractivity contribution < 1.29 is 9.18 Å². The van der Waals surface area contributed by atoms with E-state index < -0.39 is 5.82 Å². The lowest BCUT2D eigenvalue weighted by Gasteiger charge is -2.27. The summed E-state index contributed by atoms with van der Waals surface area (Å²) in [5.41, 5.74) is 11.6. The molecule has 0 spiro atoms. The van der Waals surface area contributed by atoms with Gasteiger partial charge in [-0.25, -0.2) is 9.40 Å². The SMILES string of the molecule is CN(C)c1ccc(/C=C2\CCCC3=C2NN(C(=O)c2cccc(F)c2)[C@@H]3c2ccc(N(C)C)cc2)cc1. The van der Waals surface area contributed by atoms with Gasteiger partial charge in [0.05, 0.1) is 5.70 Å². The Morgan fingerprint density at radius 2 is 1.57 bits per heavy atom. The number of carbonyl (C=O) groups excluding carboxylic acids is 1. The van der Waals surface area contributed by atoms with Crippen LogP contribution in [-0.2, 0) is 0 Å². The number of carbonyl (C=O) groups is 1. The zero-order chi connectivity index (χ0) is 26.1. The van der Waals surface area contributed by atoms with Gasteiger partial charge < -0.3 is 9.80 Å². The van der Waals surface area contributed by atoms with Gasteiger partial charge in [0, 0.05) is 45.1 Å². The molecule has 0 saturated heterocycles. The molecule has 1 N–H and O–H groups in total. The van der Waals surface area contributed by atoms with Crippen LogP contribution in [-0.4, -0.2) is 39.1 Å². The highest BCUT2D eigenvalue weighted by Crippen LogP contribution is 2.44. The summed E-state index contributed by atoms with van der Waals surface area (Å²) in [6.45, 7) is 0. The number of allylic oxidation sites excluding steroid dienone is 1. The van der Waals surface area contributed by atoms with E-state index in [1.54, 1.807) is 17.1 Å². The van der Waals surface area contributed by atoms with Gasteiger partial charge in [-0.2, -0.15) is 0 Å². The number of nitrogens with zero attached hydrogens (tertiary/aromatic N) is 3. The molecule has 1 aliphatic carbocycles. The van der Waals surface area contributed by atoms with Crippen molar-refractivity contribution in [3.05, 3.63) is 112 Å². The van der Waals surface area contributed by atoms with E-state index >= 15 is 0 Å². The number of nitrogens with one attached hydrogen (secondary N) is 1. The Labute approximate surface area is 218 Å². The van der Waals surface area contributed by atoms with Gasteiger partial charge in [0.1, 0.15) is 11.9 Å². The highest BCUT2D eigenvalue weighted by Gasteiger charge is 2.39. The number of amides is 1. The van der Waals surface area contributed by atoms with Gasteiger partial charge in [-0.15, -0.1) is 0 Å². The Morgan fingerprint density at radius 3 is 2.19 bits per heavy atom. The van der Waals surface area contributed by atoms with Crippen molar-refractivity contribution in [3.63, 3.8) is 0 Å². The van der Waals surface area contributed by atoms with Crippen molar-refractivity contribution in [2.45, 2.75) is 25.3 Å². The number of anilines is 2. The maximum absolute atomic E-state index is 14.0. The third kappa shape index (κ3) is 4.96. The van der Waals surface area contributed by atoms with Gasteiger partial charge in [0.25, 0.3) is 5.91 Å². The van der Waals surface area contributed by atoms with E-state index in [2.05, 4.69) is 69.8 Å². The Balaban J connectivity index is 1.55. The Morgan fingerprint density at radius 1 is 0.919 bits per heavy atom. The summed E-state index contributed by atoms with van der Waals surface area (Å²) in [5, 5.41) is 1.68. The highest BCUT2D eigenvalue weighted by molar-refractivity contribution is 5.95. The summed E-state index contributed by atoms with van der Waals surface area (Å²) in [5.74, 6) is -0.665. The quantitative estimate of drug-likeness (QED) is 0.458. The lowest BCUT2D eigenvalue weighted by Crippen LogP contribution is -2.40. The molecule has 0 fully saturated rings. The maximum Gasteiger partial charge on any atom is 0.273 e. The predicted octanol–water partition coefficient (Wildman–Crippen LogP) is 6.18. The summed E-state index contributed by atoms with van der Waals surface area (Å²) >= 11 is 0. The van der Waals surface area contributed by atoms with E-state index in [-0.39, 0.29) is 11.9 Å². The highest BCUT2D eigenvalue weighted by atomic mass is 19.1. The van der Waals surface area contributed by atoms with Crippen LogP contribution in [0.25, 0.3) is 6.08 Å². The molecule has 3 aromatic carbocycles. The molecular weight excluding hydrogens is 463 g/mol. The largest absolute Gasteiger partial charge is 0.378 e. The van der Waals surface area contributed by atoms with E-state index in [4.69, 9.17) is 0 Å². The van der Waals surface area contributed by atoms with E-state index in [0.29, 0.717) is 5.56 Å². The molecule has 1 atom stereocenters. The van der Waals surface area contributed by atoms with Crippen LogP contribution in [0, 0.1) is 5.82 Å². The van der Waals surface area contributed by atoms with E-state index in [9.17, 15) is 9.18 Å². The minimum Gasteiger partial charge on any atom is -0.378 e. The molecule has 5 rings (SSSR count). The first-order valence-corrected chi connectivity index (χ1v) is 12.7. The molecule has 0 unspecified atom stereocenters. The van der Waals surface area contributed by atoms with Crippen LogP contribution < -0.4 is 15.2 Å². The molecule has 190 valence electrons. The van der Waals surface area contributed by atoms with Crippen molar-refractivity contribution in [3.8, 4) is 0 Å². The molecule has 5 nitrogen and oxygen atoms in total. The number of rotatable bonds is 5. The average molecular weight is 497 g/mol. The fourth-order valence-corrected chi connectivity index (χ4v) is 5.13. The topological polar surface area (TPSA) is 38.8 Å². The zero-order valence-electron chi connectivity index (χ0n) is 21.8. The lowest BCUT2D eigenvalue weighted by molar-refractivity contribution is 0.0656. The predicted molar refractivity (Wildman–Crippen MR) is 149 cm³/mol. The number of halogens is 1. The summed E-state index contributed by atoms with van der Waals surface area (Å²) in [4.78, 5) is 17.8. The second kappa shape index (κ2) is 10.1. The summed E-state index contributed by atoms with van der Waals surface area (Å²) in [6, 6.07) is 22.4. The van der Waals surface area contributed by atoms with Crippen LogP contribution in [0.2, 0.25) is 0 Å². The molecule has 1 aliphatic heterocycles. The minimum atomic E-state index is -0.420. The number of hydrogen-bond acceptors (Lipinski definition) is 4. The number of hydrazine groups is 1. The smallest absolute Gasteiger partial charge is 0.273 e. The van der Waals surface area contributed by atoms with Crippen molar-refractivity contribution >= 4 is 23.4 Å². The fourth-order valence-electron chi connectivity index (χ4n) is 5.13. The van der Waals surface area contributed by atoms with E-state index in [0.717, 1.165) is 47.5 Å². The van der Waals surface area contributed by atoms with Crippen LogP contribution in [0.4, 0.5) is 15.8 Å². The van der Waals surface area contributed by atoms with Crippen LogP contribution in [0.3, 0.4) is 0 Å². The molecule has 6 heteroatoms. The van der Waals surface area contributed by atoms with Crippen LogP contribution in [0.1, 0.15) is 46.8 Å². The summed E-state index contributed by atoms with van der Waals surface area (Å²) in [6.07, 6.45) is 5.04. The first-order chi connectivity index (χ1) is 17.8. The van der Waals surface area contributed by atoms with Crippen molar-refractivity contribution in [2.24, 2.45) is 0 Å². The van der Waals surface area contributed by atoms with Gasteiger partial charge in [0.2, 0.25) is 0 Å². The zero-order valence-corrected chi connectivity index (χ0v) is 21.8. The molecular formula is C31H33FN4O. The normalized spacial score (nSPS) is 18.0. The first-order valence-electron chi connectivity index (χ1n) is 12.7. The molecule has 3 aromatic rings. The van der Waals surface area contributed by atoms with Crippen LogP contribution >= 0.6 is 0 Å².